The first-order valence-electron chi connectivity index (χ1n) is 12.5. The fraction of sp³-hybridized carbons (Fsp3) is 0.560. The van der Waals surface area contributed by atoms with Crippen molar-refractivity contribution < 1.29 is 9.53 Å². The maximum Gasteiger partial charge on any atom is 0.321 e. The van der Waals surface area contributed by atoms with E-state index in [0.717, 1.165) is 61.9 Å². The number of nitriles is 1. The zero-order chi connectivity index (χ0) is 23.8. The summed E-state index contributed by atoms with van der Waals surface area (Å²) in [7, 11) is 0. The van der Waals surface area contributed by atoms with E-state index in [1.807, 2.05) is 6.07 Å². The first-order valence-corrected chi connectivity index (χ1v) is 12.5. The number of anilines is 1. The van der Waals surface area contributed by atoms with Crippen LogP contribution in [0, 0.1) is 29.1 Å². The molecule has 10 heteroatoms. The van der Waals surface area contributed by atoms with Gasteiger partial charge in [0.1, 0.15) is 0 Å². The van der Waals surface area contributed by atoms with E-state index < -0.39 is 0 Å². The molecule has 0 aromatic carbocycles. The van der Waals surface area contributed by atoms with Gasteiger partial charge in [-0.25, -0.2) is 4.98 Å². The maximum absolute atomic E-state index is 12.9. The molecule has 1 saturated heterocycles. The summed E-state index contributed by atoms with van der Waals surface area (Å²) in [6, 6.07) is 6.45. The van der Waals surface area contributed by atoms with Crippen LogP contribution in [0.15, 0.2) is 18.3 Å². The van der Waals surface area contributed by atoms with E-state index in [1.54, 1.807) is 6.20 Å². The Hall–Kier alpha value is -3.61. The number of hydrogen-bond acceptors (Lipinski definition) is 9. The highest BCUT2D eigenvalue weighted by atomic mass is 16.5. The minimum absolute atomic E-state index is 0.0452. The van der Waals surface area contributed by atoms with Gasteiger partial charge in [-0.1, -0.05) is 6.42 Å². The average Bonchev–Trinajstić information content (AvgIpc) is 3.51. The van der Waals surface area contributed by atoms with Crippen LogP contribution < -0.4 is 9.64 Å². The second-order valence-electron chi connectivity index (χ2n) is 9.98. The second-order valence-corrected chi connectivity index (χ2v) is 9.98. The van der Waals surface area contributed by atoms with Gasteiger partial charge < -0.3 is 9.64 Å². The molecule has 3 fully saturated rings. The molecule has 0 amide bonds. The van der Waals surface area contributed by atoms with Crippen molar-refractivity contribution in [1.82, 2.24) is 30.1 Å². The van der Waals surface area contributed by atoms with Gasteiger partial charge in [0.15, 0.2) is 5.65 Å². The molecule has 4 heterocycles. The number of carbonyl (C=O) groups is 1. The largest absolute Gasteiger partial charge is 0.463 e. The molecule has 0 spiro atoms. The van der Waals surface area contributed by atoms with Crippen molar-refractivity contribution in [3.05, 3.63) is 29.8 Å². The van der Waals surface area contributed by atoms with Gasteiger partial charge in [0.2, 0.25) is 17.6 Å². The molecule has 1 aliphatic heterocycles. The second kappa shape index (κ2) is 9.21. The lowest BCUT2D eigenvalue weighted by molar-refractivity contribution is 0.0924. The van der Waals surface area contributed by atoms with Gasteiger partial charge >= 0.3 is 6.01 Å². The number of piperidine rings is 1. The number of Topliss-reactive ketones (excluding diaryl/α,β-unsaturated/α-hetero) is 1. The van der Waals surface area contributed by atoms with Crippen LogP contribution in [0.2, 0.25) is 0 Å². The maximum atomic E-state index is 12.9. The number of nitrogens with one attached hydrogen (secondary N) is 1. The molecule has 0 radical (unpaired) electrons. The van der Waals surface area contributed by atoms with Gasteiger partial charge in [0.05, 0.1) is 18.6 Å². The third-order valence-electron chi connectivity index (χ3n) is 7.61. The predicted molar refractivity (Wildman–Crippen MR) is 127 cm³/mol. The summed E-state index contributed by atoms with van der Waals surface area (Å²) < 4.78 is 5.85. The van der Waals surface area contributed by atoms with Gasteiger partial charge in [0, 0.05) is 48.6 Å². The van der Waals surface area contributed by atoms with Crippen LogP contribution in [-0.4, -0.2) is 55.6 Å². The number of carbonyl (C=O) groups excluding carboxylic acids is 1. The Kier molecular flexibility index (Phi) is 5.76. The molecule has 180 valence electrons. The van der Waals surface area contributed by atoms with E-state index in [-0.39, 0.29) is 29.5 Å². The monoisotopic (exact) mass is 472 g/mol. The Morgan fingerprint density at radius 1 is 1.20 bits per heavy atom. The molecule has 2 saturated carbocycles. The van der Waals surface area contributed by atoms with Crippen LogP contribution in [0.3, 0.4) is 0 Å². The highest BCUT2D eigenvalue weighted by Gasteiger charge is 2.38. The van der Waals surface area contributed by atoms with E-state index >= 15 is 0 Å². The normalized spacial score (nSPS) is 22.5. The Balaban J connectivity index is 1.18. The highest BCUT2D eigenvalue weighted by molar-refractivity contribution is 5.93. The first-order chi connectivity index (χ1) is 17.2. The number of aromatic nitrogens is 6. The van der Waals surface area contributed by atoms with Gasteiger partial charge in [0.25, 0.3) is 0 Å². The number of ketones is 1. The molecule has 0 bridgehead atoms. The van der Waals surface area contributed by atoms with Crippen molar-refractivity contribution in [2.45, 2.75) is 50.9 Å². The van der Waals surface area contributed by atoms with Crippen molar-refractivity contribution in [3.8, 4) is 12.1 Å². The minimum Gasteiger partial charge on any atom is -0.463 e. The summed E-state index contributed by atoms with van der Waals surface area (Å²) in [4.78, 5) is 32.8. The lowest BCUT2D eigenvalue weighted by Crippen LogP contribution is -2.35. The van der Waals surface area contributed by atoms with Crippen LogP contribution in [0.25, 0.3) is 11.0 Å². The van der Waals surface area contributed by atoms with Gasteiger partial charge in [-0.3, -0.25) is 9.89 Å². The number of ether oxygens (including phenoxy) is 1. The van der Waals surface area contributed by atoms with Crippen LogP contribution in [-0.2, 0) is 0 Å². The summed E-state index contributed by atoms with van der Waals surface area (Å²) in [6.07, 6.45) is 8.26. The smallest absolute Gasteiger partial charge is 0.321 e. The molecule has 3 aromatic heterocycles. The number of H-pyrrole nitrogens is 1. The summed E-state index contributed by atoms with van der Waals surface area (Å²) in [5.41, 5.74) is 1.87. The summed E-state index contributed by atoms with van der Waals surface area (Å²) in [6.45, 7) is 1.90. The topological polar surface area (TPSA) is 134 Å². The standard InChI is InChI=1S/C25H28N8O2/c26-13-17-12-18(17)14-35-25-29-23(20(34)11-15-3-1-4-15)28-24(30-25)33-9-6-16(7-10-33)21-19-5-2-8-27-22(19)32-31-21/h2,5,8,15-18H,1,3-4,6-7,9-12,14H2,(H,27,31,32)/t17-,18+/m0/s1. The van der Waals surface area contributed by atoms with Crippen molar-refractivity contribution in [2.75, 3.05) is 24.6 Å². The fourth-order valence-corrected chi connectivity index (χ4v) is 5.05. The molecule has 3 aromatic rings. The SMILES string of the molecule is N#C[C@@H]1C[C@@H]1COc1nc(C(=O)CC2CCC2)nc(N2CCC(c3[nH]nc4ncccc34)CC2)n1. The van der Waals surface area contributed by atoms with Crippen molar-refractivity contribution in [3.63, 3.8) is 0 Å². The molecule has 1 N–H and O–H groups in total. The van der Waals surface area contributed by atoms with Crippen LogP contribution in [0.1, 0.15) is 67.2 Å². The van der Waals surface area contributed by atoms with Crippen molar-refractivity contribution >= 4 is 22.8 Å². The number of rotatable bonds is 8. The number of aromatic amines is 1. The van der Waals surface area contributed by atoms with Gasteiger partial charge in [-0.2, -0.15) is 25.3 Å². The number of pyridine rings is 1. The van der Waals surface area contributed by atoms with Crippen LogP contribution in [0.5, 0.6) is 6.01 Å². The van der Waals surface area contributed by atoms with Crippen molar-refractivity contribution in [2.24, 2.45) is 17.8 Å². The Morgan fingerprint density at radius 3 is 2.80 bits per heavy atom. The molecule has 6 rings (SSSR count). The Bertz CT molecular complexity index is 1270. The average molecular weight is 473 g/mol. The van der Waals surface area contributed by atoms with Gasteiger partial charge in [-0.05, 0) is 50.2 Å². The van der Waals surface area contributed by atoms with E-state index in [4.69, 9.17) is 10.00 Å². The molecule has 35 heavy (non-hydrogen) atoms. The number of hydrogen-bond donors (Lipinski definition) is 1. The third-order valence-corrected chi connectivity index (χ3v) is 7.61. The van der Waals surface area contributed by atoms with E-state index in [9.17, 15) is 4.79 Å². The third kappa shape index (κ3) is 4.55. The quantitative estimate of drug-likeness (QED) is 0.489. The van der Waals surface area contributed by atoms with Gasteiger partial charge in [-0.15, -0.1) is 0 Å². The summed E-state index contributed by atoms with van der Waals surface area (Å²) >= 11 is 0. The fourth-order valence-electron chi connectivity index (χ4n) is 5.05. The lowest BCUT2D eigenvalue weighted by atomic mass is 9.82. The molecule has 2 aliphatic carbocycles. The summed E-state index contributed by atoms with van der Waals surface area (Å²) in [5.74, 6) is 1.68. The molecular weight excluding hydrogens is 444 g/mol. The Labute approximate surface area is 203 Å². The molecule has 2 atom stereocenters. The summed E-state index contributed by atoms with van der Waals surface area (Å²) in [5, 5.41) is 17.7. The zero-order valence-corrected chi connectivity index (χ0v) is 19.6. The first kappa shape index (κ1) is 21.9. The molecule has 0 unspecified atom stereocenters. The molecule has 10 nitrogen and oxygen atoms in total. The van der Waals surface area contributed by atoms with E-state index in [1.165, 1.54) is 6.42 Å². The predicted octanol–water partition coefficient (Wildman–Crippen LogP) is 3.44. The highest BCUT2D eigenvalue weighted by Crippen LogP contribution is 2.38. The number of nitrogens with zero attached hydrogens (tertiary/aromatic N) is 7. The van der Waals surface area contributed by atoms with Crippen molar-refractivity contribution in [1.29, 1.82) is 5.26 Å². The lowest BCUT2D eigenvalue weighted by Gasteiger charge is -2.31. The Morgan fingerprint density at radius 2 is 2.06 bits per heavy atom. The van der Waals surface area contributed by atoms with E-state index in [2.05, 4.69) is 47.2 Å². The number of fused-ring (bicyclic) bond motifs is 1. The molecule has 3 aliphatic rings. The van der Waals surface area contributed by atoms with Crippen LogP contribution >= 0.6 is 0 Å². The van der Waals surface area contributed by atoms with Crippen LogP contribution in [0.4, 0.5) is 5.95 Å². The molecular formula is C25H28N8O2. The zero-order valence-electron chi connectivity index (χ0n) is 19.6. The minimum atomic E-state index is -0.0455. The van der Waals surface area contributed by atoms with E-state index in [0.29, 0.717) is 30.8 Å².